The number of hydrogen-bond acceptors (Lipinski definition) is 4. The van der Waals surface area contributed by atoms with E-state index in [1.807, 2.05) is 0 Å². The zero-order valence-electron chi connectivity index (χ0n) is 11.9. The predicted octanol–water partition coefficient (Wildman–Crippen LogP) is 2.79. The van der Waals surface area contributed by atoms with Crippen molar-refractivity contribution in [3.63, 3.8) is 0 Å². The first-order valence-corrected chi connectivity index (χ1v) is 6.91. The first kappa shape index (κ1) is 15.7. The SMILES string of the molecule is O=c1ccccn1CCCCNc1cc(F)ccc1[N+](=O)[O-]. The number of rotatable bonds is 7. The minimum absolute atomic E-state index is 0.0590. The molecule has 0 bridgehead atoms. The normalized spacial score (nSPS) is 10.4. The zero-order chi connectivity index (χ0) is 15.9. The first-order chi connectivity index (χ1) is 10.6. The van der Waals surface area contributed by atoms with Gasteiger partial charge < -0.3 is 9.88 Å². The highest BCUT2D eigenvalue weighted by atomic mass is 19.1. The van der Waals surface area contributed by atoms with E-state index in [-0.39, 0.29) is 16.9 Å². The molecule has 22 heavy (non-hydrogen) atoms. The van der Waals surface area contributed by atoms with Crippen molar-refractivity contribution in [3.05, 3.63) is 68.9 Å². The number of halogens is 1. The second-order valence-corrected chi connectivity index (χ2v) is 4.78. The van der Waals surface area contributed by atoms with E-state index in [0.717, 1.165) is 24.6 Å². The summed E-state index contributed by atoms with van der Waals surface area (Å²) in [7, 11) is 0. The van der Waals surface area contributed by atoms with Crippen LogP contribution in [0.15, 0.2) is 47.4 Å². The third kappa shape index (κ3) is 4.15. The number of unbranched alkanes of at least 4 members (excludes halogenated alkanes) is 1. The van der Waals surface area contributed by atoms with Gasteiger partial charge in [-0.2, -0.15) is 0 Å². The fraction of sp³-hybridized carbons (Fsp3) is 0.267. The fourth-order valence-corrected chi connectivity index (χ4v) is 2.08. The number of hydrogen-bond donors (Lipinski definition) is 1. The predicted molar refractivity (Wildman–Crippen MR) is 81.5 cm³/mol. The minimum atomic E-state index is -0.550. The molecule has 1 N–H and O–H groups in total. The zero-order valence-corrected chi connectivity index (χ0v) is 11.9. The molecule has 1 aromatic heterocycles. The summed E-state index contributed by atoms with van der Waals surface area (Å²) in [6.07, 6.45) is 3.15. The number of anilines is 1. The van der Waals surface area contributed by atoms with E-state index in [9.17, 15) is 19.3 Å². The maximum absolute atomic E-state index is 13.2. The monoisotopic (exact) mass is 305 g/mol. The molecule has 0 fully saturated rings. The summed E-state index contributed by atoms with van der Waals surface area (Å²) in [4.78, 5) is 21.8. The van der Waals surface area contributed by atoms with Crippen LogP contribution in [0.4, 0.5) is 15.8 Å². The van der Waals surface area contributed by atoms with Gasteiger partial charge in [-0.05, 0) is 25.0 Å². The van der Waals surface area contributed by atoms with Crippen LogP contribution in [0.25, 0.3) is 0 Å². The number of aryl methyl sites for hydroxylation is 1. The summed E-state index contributed by atoms with van der Waals surface area (Å²) in [5, 5.41) is 13.7. The van der Waals surface area contributed by atoms with Crippen molar-refractivity contribution >= 4 is 11.4 Å². The number of nitrogens with zero attached hydrogens (tertiary/aromatic N) is 2. The van der Waals surface area contributed by atoms with Crippen LogP contribution in [0.2, 0.25) is 0 Å². The highest BCUT2D eigenvalue weighted by molar-refractivity contribution is 5.61. The molecule has 0 amide bonds. The van der Waals surface area contributed by atoms with Crippen molar-refractivity contribution in [1.82, 2.24) is 4.57 Å². The van der Waals surface area contributed by atoms with Crippen LogP contribution < -0.4 is 10.9 Å². The highest BCUT2D eigenvalue weighted by Gasteiger charge is 2.13. The molecule has 2 aromatic rings. The number of pyridine rings is 1. The van der Waals surface area contributed by atoms with E-state index in [1.165, 1.54) is 6.07 Å². The molecule has 0 aliphatic rings. The molecule has 0 saturated carbocycles. The molecule has 1 aromatic carbocycles. The van der Waals surface area contributed by atoms with Gasteiger partial charge in [0.05, 0.1) is 4.92 Å². The molecule has 0 saturated heterocycles. The molecule has 0 unspecified atom stereocenters. The van der Waals surface area contributed by atoms with Crippen molar-refractivity contribution in [2.45, 2.75) is 19.4 Å². The van der Waals surface area contributed by atoms with Crippen molar-refractivity contribution in [2.24, 2.45) is 0 Å². The Kier molecular flexibility index (Phi) is 5.24. The fourth-order valence-electron chi connectivity index (χ4n) is 2.08. The van der Waals surface area contributed by atoms with Crippen LogP contribution in [0.3, 0.4) is 0 Å². The Bertz CT molecular complexity index is 715. The van der Waals surface area contributed by atoms with Crippen LogP contribution in [0.5, 0.6) is 0 Å². The number of aromatic nitrogens is 1. The quantitative estimate of drug-likeness (QED) is 0.485. The Hall–Kier alpha value is -2.70. The van der Waals surface area contributed by atoms with Gasteiger partial charge in [-0.25, -0.2) is 4.39 Å². The van der Waals surface area contributed by atoms with Gasteiger partial charge in [-0.1, -0.05) is 6.07 Å². The van der Waals surface area contributed by atoms with Crippen molar-refractivity contribution in [1.29, 1.82) is 0 Å². The maximum Gasteiger partial charge on any atom is 0.292 e. The van der Waals surface area contributed by atoms with Crippen LogP contribution in [0, 0.1) is 15.9 Å². The molecule has 0 spiro atoms. The van der Waals surface area contributed by atoms with Gasteiger partial charge in [-0.15, -0.1) is 0 Å². The van der Waals surface area contributed by atoms with Crippen LogP contribution in [-0.2, 0) is 6.54 Å². The first-order valence-electron chi connectivity index (χ1n) is 6.91. The smallest absolute Gasteiger partial charge is 0.292 e. The molecule has 2 rings (SSSR count). The Labute approximate surface area is 126 Å². The van der Waals surface area contributed by atoms with Gasteiger partial charge in [0.2, 0.25) is 5.56 Å². The molecular weight excluding hydrogens is 289 g/mol. The van der Waals surface area contributed by atoms with Crippen molar-refractivity contribution in [2.75, 3.05) is 11.9 Å². The van der Waals surface area contributed by atoms with Gasteiger partial charge in [0.25, 0.3) is 5.69 Å². The third-order valence-electron chi connectivity index (χ3n) is 3.20. The van der Waals surface area contributed by atoms with E-state index in [2.05, 4.69) is 5.32 Å². The van der Waals surface area contributed by atoms with E-state index in [1.54, 1.807) is 22.9 Å². The molecule has 1 heterocycles. The Morgan fingerprint density at radius 3 is 2.77 bits per heavy atom. The molecular formula is C15H16FN3O3. The molecule has 7 heteroatoms. The average Bonchev–Trinajstić information content (AvgIpc) is 2.48. The number of nitro benzene ring substituents is 1. The molecule has 0 aliphatic heterocycles. The summed E-state index contributed by atoms with van der Waals surface area (Å²) >= 11 is 0. The summed E-state index contributed by atoms with van der Waals surface area (Å²) < 4.78 is 14.8. The molecule has 0 atom stereocenters. The summed E-state index contributed by atoms with van der Waals surface area (Å²) in [5.41, 5.74) is -0.0428. The van der Waals surface area contributed by atoms with Crippen LogP contribution >= 0.6 is 0 Å². The topological polar surface area (TPSA) is 77.2 Å². The molecule has 116 valence electrons. The lowest BCUT2D eigenvalue weighted by molar-refractivity contribution is -0.384. The second kappa shape index (κ2) is 7.35. The summed E-state index contributed by atoms with van der Waals surface area (Å²) in [6.45, 7) is 1.04. The molecule has 0 radical (unpaired) electrons. The Morgan fingerprint density at radius 2 is 2.05 bits per heavy atom. The lowest BCUT2D eigenvalue weighted by Crippen LogP contribution is -2.18. The van der Waals surface area contributed by atoms with Crippen molar-refractivity contribution in [3.8, 4) is 0 Å². The van der Waals surface area contributed by atoms with Gasteiger partial charge in [-0.3, -0.25) is 14.9 Å². The van der Waals surface area contributed by atoms with Crippen molar-refractivity contribution < 1.29 is 9.31 Å². The van der Waals surface area contributed by atoms with Gasteiger partial charge in [0.1, 0.15) is 11.5 Å². The van der Waals surface area contributed by atoms with E-state index in [0.29, 0.717) is 19.5 Å². The van der Waals surface area contributed by atoms with Gasteiger partial charge in [0, 0.05) is 37.5 Å². The number of benzene rings is 1. The summed E-state index contributed by atoms with van der Waals surface area (Å²) in [5.74, 6) is -0.524. The minimum Gasteiger partial charge on any atom is -0.379 e. The molecule has 0 aliphatic carbocycles. The number of nitrogens with one attached hydrogen (secondary N) is 1. The van der Waals surface area contributed by atoms with E-state index < -0.39 is 10.7 Å². The Balaban J connectivity index is 1.84. The molecule has 6 nitrogen and oxygen atoms in total. The third-order valence-corrected chi connectivity index (χ3v) is 3.20. The lowest BCUT2D eigenvalue weighted by Gasteiger charge is -2.08. The lowest BCUT2D eigenvalue weighted by atomic mass is 10.2. The summed E-state index contributed by atoms with van der Waals surface area (Å²) in [6, 6.07) is 8.28. The van der Waals surface area contributed by atoms with E-state index in [4.69, 9.17) is 0 Å². The average molecular weight is 305 g/mol. The Morgan fingerprint density at radius 1 is 1.23 bits per heavy atom. The van der Waals surface area contributed by atoms with Gasteiger partial charge in [0.15, 0.2) is 0 Å². The standard InChI is InChI=1S/C15H16FN3O3/c16-12-6-7-14(19(21)22)13(11-12)17-8-2-4-10-18-9-3-1-5-15(18)20/h1,3,5-7,9,11,17H,2,4,8,10H2. The van der Waals surface area contributed by atoms with E-state index >= 15 is 0 Å². The van der Waals surface area contributed by atoms with Gasteiger partial charge >= 0.3 is 0 Å². The van der Waals surface area contributed by atoms with Crippen LogP contribution in [-0.4, -0.2) is 16.0 Å². The highest BCUT2D eigenvalue weighted by Crippen LogP contribution is 2.24. The maximum atomic E-state index is 13.2. The number of nitro groups is 1. The largest absolute Gasteiger partial charge is 0.379 e. The second-order valence-electron chi connectivity index (χ2n) is 4.78. The van der Waals surface area contributed by atoms with Crippen LogP contribution in [0.1, 0.15) is 12.8 Å².